The number of aliphatic hydroxyl groups is 2. The van der Waals surface area contributed by atoms with Crippen molar-refractivity contribution < 1.29 is 10.2 Å². The summed E-state index contributed by atoms with van der Waals surface area (Å²) in [5.74, 6) is 0. The molecule has 0 aliphatic rings. The van der Waals surface area contributed by atoms with Gasteiger partial charge in [0.2, 0.25) is 0 Å². The Morgan fingerprint density at radius 3 is 0.900 bits per heavy atom. The predicted octanol–water partition coefficient (Wildman–Crippen LogP) is 1.00. The molecule has 0 aromatic carbocycles. The Bertz CT molecular complexity index is 21.7. The van der Waals surface area contributed by atoms with Gasteiger partial charge >= 0.3 is 0 Å². The lowest BCUT2D eigenvalue weighted by molar-refractivity contribution is 0.294. The first kappa shape index (κ1) is 22.4. The first-order chi connectivity index (χ1) is 3.83. The monoisotopic (exact) mass is 188 g/mol. The van der Waals surface area contributed by atoms with E-state index >= 15 is 0 Å². The van der Waals surface area contributed by atoms with Gasteiger partial charge in [0.15, 0.2) is 0 Å². The second-order valence-corrected chi connectivity index (χ2v) is 1.45. The van der Waals surface area contributed by atoms with Gasteiger partial charge in [-0.3, -0.25) is 0 Å². The molecule has 10 heavy (non-hydrogen) atoms. The maximum atomic E-state index is 7.88. The van der Waals surface area contributed by atoms with Gasteiger partial charge in [-0.2, -0.15) is 27.0 Å². The van der Waals surface area contributed by atoms with Crippen LogP contribution in [-0.2, 0) is 0 Å². The van der Waals surface area contributed by atoms with Crippen molar-refractivity contribution in [2.24, 2.45) is 0 Å². The molecule has 0 radical (unpaired) electrons. The van der Waals surface area contributed by atoms with Crippen LogP contribution in [0, 0.1) is 0 Å². The van der Waals surface area contributed by atoms with Gasteiger partial charge in [0, 0.05) is 13.2 Å². The van der Waals surface area contributed by atoms with E-state index < -0.39 is 0 Å². The Balaban J connectivity index is -0.0000000300. The second-order valence-electron chi connectivity index (χ2n) is 1.45. The fourth-order valence-corrected chi connectivity index (χ4v) is 0. The molecule has 0 rings (SSSR count). The first-order valence-corrected chi connectivity index (χ1v) is 3.05. The molecule has 2 nitrogen and oxygen atoms in total. The fraction of sp³-hybridized carbons (Fsp3) is 1.00. The largest absolute Gasteiger partial charge is 0.396 e. The standard InChI is InChI=1S/2C3H8O.2H2S/c2*1-2-3-4;;/h2*4H,2-3H2,1H3;2*1H2. The summed E-state index contributed by atoms with van der Waals surface area (Å²) in [6.07, 6.45) is 1.75. The van der Waals surface area contributed by atoms with Gasteiger partial charge in [-0.25, -0.2) is 0 Å². The Morgan fingerprint density at radius 1 is 0.800 bits per heavy atom. The van der Waals surface area contributed by atoms with Crippen molar-refractivity contribution in [2.45, 2.75) is 26.7 Å². The molecule has 0 amide bonds. The first-order valence-electron chi connectivity index (χ1n) is 3.05. The van der Waals surface area contributed by atoms with Gasteiger partial charge in [0.05, 0.1) is 0 Å². The predicted molar refractivity (Wildman–Crippen MR) is 55.5 cm³/mol. The van der Waals surface area contributed by atoms with Crippen molar-refractivity contribution in [3.8, 4) is 0 Å². The molecule has 0 aliphatic carbocycles. The zero-order valence-electron chi connectivity index (χ0n) is 6.72. The molecular formula is C6H20O2S2. The minimum atomic E-state index is 0. The Hall–Kier alpha value is 0.620. The summed E-state index contributed by atoms with van der Waals surface area (Å²) < 4.78 is 0. The summed E-state index contributed by atoms with van der Waals surface area (Å²) in [5, 5.41) is 15.8. The van der Waals surface area contributed by atoms with E-state index in [2.05, 4.69) is 0 Å². The highest BCUT2D eigenvalue weighted by molar-refractivity contribution is 7.59. The lowest BCUT2D eigenvalue weighted by Crippen LogP contribution is -1.69. The highest BCUT2D eigenvalue weighted by atomic mass is 32.1. The zero-order valence-corrected chi connectivity index (χ0v) is 8.72. The average molecular weight is 188 g/mol. The van der Waals surface area contributed by atoms with Gasteiger partial charge < -0.3 is 10.2 Å². The Morgan fingerprint density at radius 2 is 0.900 bits per heavy atom. The van der Waals surface area contributed by atoms with Gasteiger partial charge in [-0.05, 0) is 12.8 Å². The molecule has 0 aromatic heterocycles. The topological polar surface area (TPSA) is 40.5 Å². The van der Waals surface area contributed by atoms with Crippen molar-refractivity contribution >= 4 is 27.0 Å². The van der Waals surface area contributed by atoms with Crippen molar-refractivity contribution in [1.82, 2.24) is 0 Å². The normalized spacial score (nSPS) is 6.00. The maximum Gasteiger partial charge on any atom is 0.0428 e. The number of rotatable bonds is 2. The van der Waals surface area contributed by atoms with Crippen molar-refractivity contribution in [3.63, 3.8) is 0 Å². The van der Waals surface area contributed by atoms with Crippen molar-refractivity contribution in [1.29, 1.82) is 0 Å². The maximum absolute atomic E-state index is 7.88. The van der Waals surface area contributed by atoms with Crippen LogP contribution in [0.25, 0.3) is 0 Å². The minimum Gasteiger partial charge on any atom is -0.396 e. The SMILES string of the molecule is CCCO.CCCO.S.S. The minimum absolute atomic E-state index is 0. The zero-order chi connectivity index (χ0) is 6.83. The van der Waals surface area contributed by atoms with Crippen LogP contribution in [0.5, 0.6) is 0 Å². The average Bonchev–Trinajstić information content (AvgIpc) is 1.88. The molecule has 0 spiro atoms. The number of hydrogen-bond donors (Lipinski definition) is 2. The summed E-state index contributed by atoms with van der Waals surface area (Å²) in [6, 6.07) is 0. The molecule has 0 fully saturated rings. The Kier molecular flexibility index (Phi) is 75.1. The summed E-state index contributed by atoms with van der Waals surface area (Å²) in [5.41, 5.74) is 0. The van der Waals surface area contributed by atoms with E-state index in [1.165, 1.54) is 0 Å². The quantitative estimate of drug-likeness (QED) is 0.679. The molecule has 0 atom stereocenters. The lowest BCUT2D eigenvalue weighted by atomic mass is 10.5. The third kappa shape index (κ3) is 72.9. The van der Waals surface area contributed by atoms with E-state index in [9.17, 15) is 0 Å². The van der Waals surface area contributed by atoms with E-state index in [1.807, 2.05) is 13.8 Å². The van der Waals surface area contributed by atoms with Crippen LogP contribution in [-0.4, -0.2) is 23.4 Å². The second kappa shape index (κ2) is 33.5. The van der Waals surface area contributed by atoms with Gasteiger partial charge in [0.25, 0.3) is 0 Å². The summed E-state index contributed by atoms with van der Waals surface area (Å²) in [7, 11) is 0. The molecular weight excluding hydrogens is 168 g/mol. The lowest BCUT2D eigenvalue weighted by Gasteiger charge is -1.69. The van der Waals surface area contributed by atoms with Crippen LogP contribution in [0.4, 0.5) is 0 Å². The van der Waals surface area contributed by atoms with Gasteiger partial charge in [0.1, 0.15) is 0 Å². The van der Waals surface area contributed by atoms with Crippen LogP contribution >= 0.6 is 27.0 Å². The van der Waals surface area contributed by atoms with E-state index in [0.29, 0.717) is 13.2 Å². The molecule has 0 saturated heterocycles. The molecule has 0 aliphatic heterocycles. The Labute approximate surface area is 77.5 Å². The summed E-state index contributed by atoms with van der Waals surface area (Å²) >= 11 is 0. The molecule has 0 bridgehead atoms. The number of hydrogen-bond acceptors (Lipinski definition) is 2. The van der Waals surface area contributed by atoms with E-state index in [0.717, 1.165) is 12.8 Å². The highest BCUT2D eigenvalue weighted by Gasteiger charge is 1.57. The van der Waals surface area contributed by atoms with Crippen LogP contribution in [0.3, 0.4) is 0 Å². The van der Waals surface area contributed by atoms with E-state index in [1.54, 1.807) is 0 Å². The molecule has 0 saturated carbocycles. The van der Waals surface area contributed by atoms with Crippen molar-refractivity contribution in [3.05, 3.63) is 0 Å². The van der Waals surface area contributed by atoms with Crippen molar-refractivity contribution in [2.75, 3.05) is 13.2 Å². The molecule has 4 heteroatoms. The van der Waals surface area contributed by atoms with Crippen LogP contribution < -0.4 is 0 Å². The number of aliphatic hydroxyl groups excluding tert-OH is 2. The molecule has 0 heterocycles. The van der Waals surface area contributed by atoms with Gasteiger partial charge in [-0.1, -0.05) is 13.8 Å². The molecule has 0 aromatic rings. The molecule has 0 unspecified atom stereocenters. The van der Waals surface area contributed by atoms with Crippen LogP contribution in [0.2, 0.25) is 0 Å². The van der Waals surface area contributed by atoms with Crippen LogP contribution in [0.1, 0.15) is 26.7 Å². The van der Waals surface area contributed by atoms with E-state index in [4.69, 9.17) is 10.2 Å². The van der Waals surface area contributed by atoms with Gasteiger partial charge in [-0.15, -0.1) is 0 Å². The summed E-state index contributed by atoms with van der Waals surface area (Å²) in [4.78, 5) is 0. The third-order valence-electron chi connectivity index (χ3n) is 0.447. The third-order valence-corrected chi connectivity index (χ3v) is 0.447. The highest BCUT2D eigenvalue weighted by Crippen LogP contribution is 1.61. The smallest absolute Gasteiger partial charge is 0.0428 e. The fourth-order valence-electron chi connectivity index (χ4n) is 0. The summed E-state index contributed by atoms with van der Waals surface area (Å²) in [6.45, 7) is 4.50. The molecule has 68 valence electrons. The molecule has 2 N–H and O–H groups in total. The van der Waals surface area contributed by atoms with Crippen LogP contribution in [0.15, 0.2) is 0 Å². The van der Waals surface area contributed by atoms with E-state index in [-0.39, 0.29) is 27.0 Å².